The predicted octanol–water partition coefficient (Wildman–Crippen LogP) is 3.43. The van der Waals surface area contributed by atoms with Gasteiger partial charge in [0, 0.05) is 11.8 Å². The van der Waals surface area contributed by atoms with Gasteiger partial charge in [0.05, 0.1) is 5.69 Å². The van der Waals surface area contributed by atoms with Gasteiger partial charge in [-0.05, 0) is 36.8 Å². The summed E-state index contributed by atoms with van der Waals surface area (Å²) in [6.07, 6.45) is 1.52. The molecule has 5 heteroatoms. The molecule has 2 rings (SSSR count). The van der Waals surface area contributed by atoms with Gasteiger partial charge in [-0.2, -0.15) is 0 Å². The van der Waals surface area contributed by atoms with E-state index >= 15 is 0 Å². The molecule has 1 aromatic heterocycles. The molecule has 0 bridgehead atoms. The maximum Gasteiger partial charge on any atom is 0.256 e. The molecule has 0 fully saturated rings. The summed E-state index contributed by atoms with van der Waals surface area (Å²) < 4.78 is 13.1. The number of pyridine rings is 1. The van der Waals surface area contributed by atoms with Crippen LogP contribution in [-0.2, 0) is 0 Å². The lowest BCUT2D eigenvalue weighted by Gasteiger charge is -2.08. The lowest BCUT2D eigenvalue weighted by molar-refractivity contribution is 0.102. The molecule has 0 atom stereocenters. The lowest BCUT2D eigenvalue weighted by Crippen LogP contribution is -2.14. The molecular formula is C13H10ClFN2O. The Kier molecular flexibility index (Phi) is 3.58. The fraction of sp³-hybridized carbons (Fsp3) is 0.0769. The van der Waals surface area contributed by atoms with Crippen LogP contribution in [0.25, 0.3) is 0 Å². The summed E-state index contributed by atoms with van der Waals surface area (Å²) in [5, 5.41) is 2.79. The van der Waals surface area contributed by atoms with Crippen LogP contribution in [0, 0.1) is 12.7 Å². The second kappa shape index (κ2) is 5.14. The highest BCUT2D eigenvalue weighted by Crippen LogP contribution is 2.19. The zero-order valence-corrected chi connectivity index (χ0v) is 10.3. The highest BCUT2D eigenvalue weighted by Gasteiger charge is 2.12. The summed E-state index contributed by atoms with van der Waals surface area (Å²) in [7, 11) is 0. The van der Waals surface area contributed by atoms with E-state index < -0.39 is 11.7 Å². The molecule has 0 unspecified atom stereocenters. The Balaban J connectivity index is 2.28. The van der Waals surface area contributed by atoms with Gasteiger partial charge in [0.1, 0.15) is 5.82 Å². The van der Waals surface area contributed by atoms with E-state index in [2.05, 4.69) is 10.3 Å². The largest absolute Gasteiger partial charge is 0.319 e. The first kappa shape index (κ1) is 12.5. The topological polar surface area (TPSA) is 42.0 Å². The molecule has 0 saturated carbocycles. The van der Waals surface area contributed by atoms with Gasteiger partial charge >= 0.3 is 0 Å². The van der Waals surface area contributed by atoms with Crippen LogP contribution in [0.1, 0.15) is 15.9 Å². The third-order valence-corrected chi connectivity index (χ3v) is 2.75. The maximum absolute atomic E-state index is 13.1. The summed E-state index contributed by atoms with van der Waals surface area (Å²) in [5.41, 5.74) is 1.36. The third kappa shape index (κ3) is 2.65. The van der Waals surface area contributed by atoms with Crippen LogP contribution in [0.4, 0.5) is 10.1 Å². The number of benzene rings is 1. The Morgan fingerprint density at radius 2 is 2.17 bits per heavy atom. The van der Waals surface area contributed by atoms with Crippen molar-refractivity contribution < 1.29 is 9.18 Å². The van der Waals surface area contributed by atoms with Crippen molar-refractivity contribution in [3.63, 3.8) is 0 Å². The van der Waals surface area contributed by atoms with E-state index in [0.29, 0.717) is 11.3 Å². The first-order valence-electron chi connectivity index (χ1n) is 5.26. The van der Waals surface area contributed by atoms with Crippen molar-refractivity contribution in [3.8, 4) is 0 Å². The van der Waals surface area contributed by atoms with Gasteiger partial charge in [-0.1, -0.05) is 17.7 Å². The number of rotatable bonds is 2. The molecule has 0 spiro atoms. The zero-order valence-electron chi connectivity index (χ0n) is 9.58. The number of carbonyl (C=O) groups excluding carboxylic acids is 1. The smallest absolute Gasteiger partial charge is 0.256 e. The van der Waals surface area contributed by atoms with Gasteiger partial charge in [-0.3, -0.25) is 4.79 Å². The van der Waals surface area contributed by atoms with E-state index in [9.17, 15) is 9.18 Å². The number of hydrogen-bond acceptors (Lipinski definition) is 2. The van der Waals surface area contributed by atoms with Crippen LogP contribution < -0.4 is 5.32 Å². The molecule has 3 nitrogen and oxygen atoms in total. The number of amides is 1. The maximum atomic E-state index is 13.1. The SMILES string of the molecule is Cc1ccc(F)cc1C(=O)Nc1cccnc1Cl. The molecule has 92 valence electrons. The minimum Gasteiger partial charge on any atom is -0.319 e. The van der Waals surface area contributed by atoms with Crippen LogP contribution in [0.2, 0.25) is 5.15 Å². The lowest BCUT2D eigenvalue weighted by atomic mass is 10.1. The van der Waals surface area contributed by atoms with Crippen molar-refractivity contribution in [2.45, 2.75) is 6.92 Å². The van der Waals surface area contributed by atoms with E-state index in [0.717, 1.165) is 0 Å². The van der Waals surface area contributed by atoms with Gasteiger partial charge in [-0.25, -0.2) is 9.37 Å². The summed E-state index contributed by atoms with van der Waals surface area (Å²) in [6.45, 7) is 1.74. The number of halogens is 2. The predicted molar refractivity (Wildman–Crippen MR) is 68.3 cm³/mol. The average Bonchev–Trinajstić information content (AvgIpc) is 2.35. The van der Waals surface area contributed by atoms with E-state index in [1.54, 1.807) is 25.1 Å². The Morgan fingerprint density at radius 1 is 1.39 bits per heavy atom. The molecule has 0 aliphatic rings. The standard InChI is InChI=1S/C13H10ClFN2O/c1-8-4-5-9(15)7-10(8)13(18)17-11-3-2-6-16-12(11)14/h2-7H,1H3,(H,17,18). The van der Waals surface area contributed by atoms with Crippen molar-refractivity contribution >= 4 is 23.2 Å². The number of hydrogen-bond donors (Lipinski definition) is 1. The average molecular weight is 265 g/mol. The highest BCUT2D eigenvalue weighted by molar-refractivity contribution is 6.32. The van der Waals surface area contributed by atoms with Gasteiger partial charge in [0.15, 0.2) is 5.15 Å². The number of carbonyl (C=O) groups is 1. The van der Waals surface area contributed by atoms with E-state index in [-0.39, 0.29) is 10.7 Å². The Hall–Kier alpha value is -1.94. The number of nitrogens with zero attached hydrogens (tertiary/aromatic N) is 1. The van der Waals surface area contributed by atoms with Crippen molar-refractivity contribution in [2.24, 2.45) is 0 Å². The van der Waals surface area contributed by atoms with Gasteiger partial charge in [0.2, 0.25) is 0 Å². The molecule has 0 aliphatic carbocycles. The Labute approximate surface area is 109 Å². The molecule has 2 aromatic rings. The quantitative estimate of drug-likeness (QED) is 0.845. The molecule has 0 aliphatic heterocycles. The van der Waals surface area contributed by atoms with E-state index in [1.165, 1.54) is 18.3 Å². The van der Waals surface area contributed by atoms with Crippen LogP contribution >= 0.6 is 11.6 Å². The molecule has 0 saturated heterocycles. The van der Waals surface area contributed by atoms with Gasteiger partial charge < -0.3 is 5.32 Å². The van der Waals surface area contributed by atoms with Crippen LogP contribution in [0.3, 0.4) is 0 Å². The summed E-state index contributed by atoms with van der Waals surface area (Å²) >= 11 is 5.83. The van der Waals surface area contributed by atoms with Crippen molar-refractivity contribution in [2.75, 3.05) is 5.32 Å². The molecular weight excluding hydrogens is 255 g/mol. The molecule has 18 heavy (non-hydrogen) atoms. The molecule has 0 radical (unpaired) electrons. The van der Waals surface area contributed by atoms with Gasteiger partial charge in [0.25, 0.3) is 5.91 Å². The minimum absolute atomic E-state index is 0.194. The number of aryl methyl sites for hydroxylation is 1. The number of nitrogens with one attached hydrogen (secondary N) is 1. The summed E-state index contributed by atoms with van der Waals surface area (Å²) in [6, 6.07) is 7.33. The Bertz CT molecular complexity index is 601. The fourth-order valence-electron chi connectivity index (χ4n) is 1.51. The van der Waals surface area contributed by atoms with Crippen molar-refractivity contribution in [1.29, 1.82) is 0 Å². The van der Waals surface area contributed by atoms with E-state index in [1.807, 2.05) is 0 Å². The van der Waals surface area contributed by atoms with Crippen molar-refractivity contribution in [1.82, 2.24) is 4.98 Å². The van der Waals surface area contributed by atoms with Crippen LogP contribution in [0.5, 0.6) is 0 Å². The summed E-state index contributed by atoms with van der Waals surface area (Å²) in [4.78, 5) is 15.8. The second-order valence-corrected chi connectivity index (χ2v) is 4.11. The van der Waals surface area contributed by atoms with Gasteiger partial charge in [-0.15, -0.1) is 0 Å². The minimum atomic E-state index is -0.456. The first-order valence-corrected chi connectivity index (χ1v) is 5.64. The monoisotopic (exact) mass is 264 g/mol. The van der Waals surface area contributed by atoms with Crippen LogP contribution in [-0.4, -0.2) is 10.9 Å². The van der Waals surface area contributed by atoms with Crippen molar-refractivity contribution in [3.05, 3.63) is 58.6 Å². The zero-order chi connectivity index (χ0) is 13.1. The first-order chi connectivity index (χ1) is 8.58. The number of aromatic nitrogens is 1. The molecule has 1 aromatic carbocycles. The molecule has 1 heterocycles. The van der Waals surface area contributed by atoms with E-state index in [4.69, 9.17) is 11.6 Å². The molecule has 1 N–H and O–H groups in total. The number of anilines is 1. The Morgan fingerprint density at radius 3 is 2.89 bits per heavy atom. The van der Waals surface area contributed by atoms with Crippen LogP contribution in [0.15, 0.2) is 36.5 Å². The third-order valence-electron chi connectivity index (χ3n) is 2.45. The summed E-state index contributed by atoms with van der Waals surface area (Å²) in [5.74, 6) is -0.870. The molecule has 1 amide bonds. The highest BCUT2D eigenvalue weighted by atomic mass is 35.5. The second-order valence-electron chi connectivity index (χ2n) is 3.76. The normalized spacial score (nSPS) is 10.2. The fourth-order valence-corrected chi connectivity index (χ4v) is 1.67.